The van der Waals surface area contributed by atoms with Gasteiger partial charge in [0.05, 0.1) is 0 Å². The fourth-order valence-corrected chi connectivity index (χ4v) is 5.60. The van der Waals surface area contributed by atoms with Crippen molar-refractivity contribution in [3.05, 3.63) is 0 Å². The van der Waals surface area contributed by atoms with E-state index in [0.29, 0.717) is 0 Å². The lowest BCUT2D eigenvalue weighted by atomic mass is 10.1. The van der Waals surface area contributed by atoms with E-state index in [1.54, 1.807) is 0 Å². The molecule has 0 aromatic carbocycles. The minimum absolute atomic E-state index is 1.22. The molecule has 0 N–H and O–H groups in total. The van der Waals surface area contributed by atoms with Crippen molar-refractivity contribution in [2.24, 2.45) is 0 Å². The second-order valence-electron chi connectivity index (χ2n) is 12.9. The Morgan fingerprint density at radius 1 is 0.268 bits per heavy atom. The van der Waals surface area contributed by atoms with Crippen LogP contribution in [0, 0.1) is 0 Å². The van der Waals surface area contributed by atoms with Crippen LogP contribution >= 0.6 is 0 Å². The molecule has 41 heavy (non-hydrogen) atoms. The molecule has 0 saturated carbocycles. The van der Waals surface area contributed by atoms with Gasteiger partial charge < -0.3 is 39.2 Å². The molecule has 5 aliphatic rings. The summed E-state index contributed by atoms with van der Waals surface area (Å²) in [6, 6.07) is 0. The maximum atomic E-state index is 2.49. The normalized spacial score (nSPS) is 24.9. The molecule has 0 atom stereocenters. The summed E-state index contributed by atoms with van der Waals surface area (Å²) in [5.74, 6) is 0. The summed E-state index contributed by atoms with van der Waals surface area (Å²) >= 11 is 0. The van der Waals surface area contributed by atoms with Crippen molar-refractivity contribution in [1.82, 2.24) is 39.2 Å². The first-order valence-corrected chi connectivity index (χ1v) is 17.4. The highest BCUT2D eigenvalue weighted by Crippen LogP contribution is 2.05. The van der Waals surface area contributed by atoms with Crippen LogP contribution in [0.3, 0.4) is 0 Å². The highest BCUT2D eigenvalue weighted by molar-refractivity contribution is 4.68. The van der Waals surface area contributed by atoms with Gasteiger partial charge in [0, 0.05) is 78.5 Å². The molecule has 0 bridgehead atoms. The minimum Gasteiger partial charge on any atom is -0.306 e. The van der Waals surface area contributed by atoms with E-state index in [-0.39, 0.29) is 0 Å². The summed E-state index contributed by atoms with van der Waals surface area (Å²) in [5.41, 5.74) is 0. The van der Waals surface area contributed by atoms with Gasteiger partial charge in [-0.05, 0) is 107 Å². The number of piperidine rings is 2. The predicted octanol–water partition coefficient (Wildman–Crippen LogP) is 2.97. The largest absolute Gasteiger partial charge is 0.306 e. The lowest BCUT2D eigenvalue weighted by Gasteiger charge is -2.31. The third-order valence-corrected chi connectivity index (χ3v) is 9.29. The van der Waals surface area contributed by atoms with E-state index >= 15 is 0 Å². The molecule has 8 nitrogen and oxygen atoms in total. The summed E-state index contributed by atoms with van der Waals surface area (Å²) in [5, 5.41) is 0. The average Bonchev–Trinajstić information content (AvgIpc) is 3.00. The summed E-state index contributed by atoms with van der Waals surface area (Å²) in [6.45, 7) is 30.6. The third kappa shape index (κ3) is 21.1. The lowest BCUT2D eigenvalue weighted by molar-refractivity contribution is 0.160. The van der Waals surface area contributed by atoms with Gasteiger partial charge >= 0.3 is 0 Å². The van der Waals surface area contributed by atoms with Crippen molar-refractivity contribution in [3.8, 4) is 0 Å². The van der Waals surface area contributed by atoms with Crippen LogP contribution in [0.15, 0.2) is 0 Å². The van der Waals surface area contributed by atoms with Crippen LogP contribution in [-0.4, -0.2) is 199 Å². The van der Waals surface area contributed by atoms with Crippen molar-refractivity contribution in [1.29, 1.82) is 0 Å². The van der Waals surface area contributed by atoms with Crippen LogP contribution in [0.2, 0.25) is 0 Å². The van der Waals surface area contributed by atoms with Crippen molar-refractivity contribution < 1.29 is 0 Å². The van der Waals surface area contributed by atoms with Crippen LogP contribution in [-0.2, 0) is 0 Å². The second kappa shape index (κ2) is 25.1. The van der Waals surface area contributed by atoms with Gasteiger partial charge in [-0.15, -0.1) is 0 Å². The molecule has 0 spiro atoms. The van der Waals surface area contributed by atoms with Gasteiger partial charge in [-0.1, -0.05) is 33.6 Å². The summed E-state index contributed by atoms with van der Waals surface area (Å²) < 4.78 is 0. The number of hydrogen-bond acceptors (Lipinski definition) is 8. The molecule has 0 aromatic heterocycles. The number of nitrogens with zero attached hydrogens (tertiary/aromatic N) is 8. The molecular weight excluding hydrogens is 508 g/mol. The molecule has 0 aromatic rings. The molecule has 5 rings (SSSR count). The number of hydrogen-bond donors (Lipinski definition) is 0. The van der Waals surface area contributed by atoms with Crippen molar-refractivity contribution in [2.75, 3.05) is 160 Å². The second-order valence-corrected chi connectivity index (χ2v) is 12.9. The monoisotopic (exact) mass is 583 g/mol. The molecule has 0 amide bonds. The quantitative estimate of drug-likeness (QED) is 0.501. The molecule has 5 saturated heterocycles. The molecule has 0 unspecified atom stereocenters. The first-order chi connectivity index (χ1) is 19.8. The van der Waals surface area contributed by atoms with E-state index in [1.807, 2.05) is 0 Å². The maximum absolute atomic E-state index is 2.49. The first kappa shape index (κ1) is 38.7. The van der Waals surface area contributed by atoms with E-state index in [4.69, 9.17) is 0 Å². The Labute approximate surface area is 257 Å². The summed E-state index contributed by atoms with van der Waals surface area (Å²) in [6.07, 6.45) is 8.55. The highest BCUT2D eigenvalue weighted by Gasteiger charge is 2.12. The lowest BCUT2D eigenvalue weighted by Crippen LogP contribution is -2.44. The molecule has 5 heterocycles. The van der Waals surface area contributed by atoms with Gasteiger partial charge in [-0.2, -0.15) is 0 Å². The summed E-state index contributed by atoms with van der Waals surface area (Å²) in [4.78, 5) is 19.4. The van der Waals surface area contributed by atoms with Crippen molar-refractivity contribution in [3.63, 3.8) is 0 Å². The van der Waals surface area contributed by atoms with Gasteiger partial charge in [0.1, 0.15) is 0 Å². The first-order valence-electron chi connectivity index (χ1n) is 17.4. The number of rotatable bonds is 3. The third-order valence-electron chi connectivity index (χ3n) is 9.29. The molecule has 8 heteroatoms. The standard InChI is InChI=1S/3C7H16N2.2C6H13N/c3*1-3-9-6-4-8(2)5-7-9;2*1-7-5-3-2-4-6-7/h3*3-7H2,1-2H3;2*2-6H2,1H3. The molecule has 0 radical (unpaired) electrons. The topological polar surface area (TPSA) is 25.9 Å². The van der Waals surface area contributed by atoms with Gasteiger partial charge in [0.15, 0.2) is 0 Å². The van der Waals surface area contributed by atoms with Gasteiger partial charge in [-0.3, -0.25) is 0 Å². The predicted molar refractivity (Wildman–Crippen MR) is 182 cm³/mol. The van der Waals surface area contributed by atoms with E-state index in [1.165, 1.54) is 163 Å². The summed E-state index contributed by atoms with van der Waals surface area (Å²) in [7, 11) is 10.9. The van der Waals surface area contributed by atoms with E-state index < -0.39 is 0 Å². The smallest absolute Gasteiger partial charge is 0.0110 e. The Morgan fingerprint density at radius 2 is 0.463 bits per heavy atom. The van der Waals surface area contributed by atoms with Crippen LogP contribution in [0.5, 0.6) is 0 Å². The Kier molecular flexibility index (Phi) is 23.6. The zero-order valence-electron chi connectivity index (χ0n) is 29.3. The van der Waals surface area contributed by atoms with E-state index in [9.17, 15) is 0 Å². The Balaban J connectivity index is 0.000000257. The van der Waals surface area contributed by atoms with Gasteiger partial charge in [0.25, 0.3) is 0 Å². The fourth-order valence-electron chi connectivity index (χ4n) is 5.60. The Bertz CT molecular complexity index is 475. The average molecular weight is 583 g/mol. The van der Waals surface area contributed by atoms with Crippen molar-refractivity contribution >= 4 is 0 Å². The molecule has 5 fully saturated rings. The Hall–Kier alpha value is -0.320. The van der Waals surface area contributed by atoms with Crippen LogP contribution in [0.4, 0.5) is 0 Å². The van der Waals surface area contributed by atoms with E-state index in [0.717, 1.165) is 0 Å². The number of likely N-dealkylation sites (N-methyl/N-ethyl adjacent to an activating group) is 6. The Morgan fingerprint density at radius 3 is 0.610 bits per heavy atom. The van der Waals surface area contributed by atoms with Crippen molar-refractivity contribution in [2.45, 2.75) is 59.3 Å². The van der Waals surface area contributed by atoms with Crippen LogP contribution in [0.25, 0.3) is 0 Å². The molecule has 246 valence electrons. The van der Waals surface area contributed by atoms with Crippen LogP contribution < -0.4 is 0 Å². The van der Waals surface area contributed by atoms with E-state index in [2.05, 4.69) is 95.2 Å². The molecule has 5 aliphatic heterocycles. The minimum atomic E-state index is 1.22. The SMILES string of the molecule is CCN1CCN(C)CC1.CCN1CCN(C)CC1.CCN1CCN(C)CC1.CN1CCCCC1.CN1CCCCC1. The number of likely N-dealkylation sites (tertiary alicyclic amines) is 2. The zero-order valence-corrected chi connectivity index (χ0v) is 29.3. The molecule has 0 aliphatic carbocycles. The van der Waals surface area contributed by atoms with Crippen LogP contribution in [0.1, 0.15) is 59.3 Å². The fraction of sp³-hybridized carbons (Fsp3) is 1.00. The maximum Gasteiger partial charge on any atom is 0.0110 e. The number of piperazine rings is 3. The highest BCUT2D eigenvalue weighted by atomic mass is 15.3. The zero-order chi connectivity index (χ0) is 30.3. The van der Waals surface area contributed by atoms with Gasteiger partial charge in [-0.25, -0.2) is 0 Å². The van der Waals surface area contributed by atoms with Gasteiger partial charge in [0.2, 0.25) is 0 Å². The molecular formula is C33H74N8.